The molecular weight excluding hydrogens is 354 g/mol. The number of phenols is 1. The number of nitrogens with two attached hydrogens (primary N) is 2. The van der Waals surface area contributed by atoms with E-state index in [4.69, 9.17) is 11.5 Å². The molecule has 2 aromatic rings. The van der Waals surface area contributed by atoms with E-state index in [2.05, 4.69) is 25.4 Å². The van der Waals surface area contributed by atoms with Crippen LogP contribution in [-0.2, 0) is 0 Å². The number of aromatic hydroxyl groups is 1. The summed E-state index contributed by atoms with van der Waals surface area (Å²) in [5.74, 6) is 0.544. The number of nitrogens with zero attached hydrogens (tertiary/aromatic N) is 3. The van der Waals surface area contributed by atoms with Crippen LogP contribution in [-0.4, -0.2) is 51.3 Å². The van der Waals surface area contributed by atoms with Crippen LogP contribution in [0.5, 0.6) is 5.75 Å². The van der Waals surface area contributed by atoms with Crippen LogP contribution in [0.15, 0.2) is 41.8 Å². The Morgan fingerprint density at radius 2 is 2.11 bits per heavy atom. The molecule has 4 rings (SSSR count). The molecule has 1 atom stereocenters. The van der Waals surface area contributed by atoms with Crippen LogP contribution in [0, 0.1) is 0 Å². The summed E-state index contributed by atoms with van der Waals surface area (Å²) in [5.41, 5.74) is 14.9. The average Bonchev–Trinajstić information content (AvgIpc) is 3.34. The fourth-order valence-corrected chi connectivity index (χ4v) is 3.66. The van der Waals surface area contributed by atoms with Gasteiger partial charge in [-0.1, -0.05) is 12.5 Å². The zero-order valence-corrected chi connectivity index (χ0v) is 15.8. The monoisotopic (exact) mass is 381 g/mol. The summed E-state index contributed by atoms with van der Waals surface area (Å²) in [4.78, 5) is 6.39. The first kappa shape index (κ1) is 18.4. The van der Waals surface area contributed by atoms with E-state index in [-0.39, 0.29) is 5.75 Å². The Morgan fingerprint density at radius 3 is 2.79 bits per heavy atom. The highest BCUT2D eigenvalue weighted by molar-refractivity contribution is 5.81. The van der Waals surface area contributed by atoms with Gasteiger partial charge in [-0.05, 0) is 37.0 Å². The molecule has 7 N–H and O–H groups in total. The number of aliphatic imine (C=N–C) groups is 1. The summed E-state index contributed by atoms with van der Waals surface area (Å²) >= 11 is 0. The lowest BCUT2D eigenvalue weighted by Gasteiger charge is -2.29. The maximum atomic E-state index is 10.3. The molecule has 0 bridgehead atoms. The maximum absolute atomic E-state index is 10.3. The molecule has 1 saturated heterocycles. The quantitative estimate of drug-likeness (QED) is 0.395. The predicted molar refractivity (Wildman–Crippen MR) is 110 cm³/mol. The topological polar surface area (TPSA) is 129 Å². The van der Waals surface area contributed by atoms with Gasteiger partial charge in [0, 0.05) is 42.5 Å². The first-order chi connectivity index (χ1) is 13.6. The molecule has 148 valence electrons. The first-order valence-corrected chi connectivity index (χ1v) is 9.72. The number of rotatable bonds is 5. The Morgan fingerprint density at radius 1 is 1.25 bits per heavy atom. The number of aromatic nitrogens is 2. The third kappa shape index (κ3) is 3.96. The SMILES string of the molecule is NC(=N/C=C(\N)c1ccc(-c2cn[nH]c2)cc1O)N1CC[C@@H](NC2CCC2)C1. The number of aromatic amines is 1. The fraction of sp³-hybridized carbons (Fsp3) is 0.400. The zero-order valence-electron chi connectivity index (χ0n) is 15.8. The van der Waals surface area contributed by atoms with Gasteiger partial charge in [-0.3, -0.25) is 5.10 Å². The second kappa shape index (κ2) is 7.93. The van der Waals surface area contributed by atoms with Crippen molar-refractivity contribution in [3.8, 4) is 16.9 Å². The maximum Gasteiger partial charge on any atom is 0.196 e. The van der Waals surface area contributed by atoms with Crippen molar-refractivity contribution in [2.75, 3.05) is 13.1 Å². The van der Waals surface area contributed by atoms with Crippen molar-refractivity contribution in [3.05, 3.63) is 42.4 Å². The van der Waals surface area contributed by atoms with Gasteiger partial charge in [0.05, 0.1) is 18.1 Å². The third-order valence-corrected chi connectivity index (χ3v) is 5.57. The highest BCUT2D eigenvalue weighted by Gasteiger charge is 2.27. The van der Waals surface area contributed by atoms with Crippen LogP contribution in [0.4, 0.5) is 0 Å². The van der Waals surface area contributed by atoms with E-state index in [0.29, 0.717) is 29.3 Å². The molecule has 1 aromatic carbocycles. The summed E-state index contributed by atoms with van der Waals surface area (Å²) in [7, 11) is 0. The molecule has 1 aromatic heterocycles. The van der Waals surface area contributed by atoms with Gasteiger partial charge in [0.1, 0.15) is 5.75 Å². The molecule has 0 unspecified atom stereocenters. The molecule has 0 spiro atoms. The summed E-state index contributed by atoms with van der Waals surface area (Å²) in [6.07, 6.45) is 9.93. The highest BCUT2D eigenvalue weighted by Crippen LogP contribution is 2.28. The Bertz CT molecular complexity index is 871. The molecule has 2 fully saturated rings. The van der Waals surface area contributed by atoms with E-state index in [1.807, 2.05) is 6.07 Å². The Labute approximate surface area is 164 Å². The van der Waals surface area contributed by atoms with Crippen LogP contribution >= 0.6 is 0 Å². The van der Waals surface area contributed by atoms with Gasteiger partial charge in [-0.2, -0.15) is 5.10 Å². The molecule has 1 saturated carbocycles. The Hall–Kier alpha value is -3.00. The van der Waals surface area contributed by atoms with Gasteiger partial charge in [0.25, 0.3) is 0 Å². The fourth-order valence-electron chi connectivity index (χ4n) is 3.66. The summed E-state index contributed by atoms with van der Waals surface area (Å²) in [6, 6.07) is 6.45. The molecular formula is C20H27N7O. The molecule has 0 radical (unpaired) electrons. The zero-order chi connectivity index (χ0) is 19.5. The lowest BCUT2D eigenvalue weighted by molar-refractivity contribution is 0.305. The van der Waals surface area contributed by atoms with Gasteiger partial charge in [0.2, 0.25) is 0 Å². The molecule has 8 heteroatoms. The number of benzene rings is 1. The van der Waals surface area contributed by atoms with Crippen molar-refractivity contribution >= 4 is 11.7 Å². The van der Waals surface area contributed by atoms with Crippen molar-refractivity contribution < 1.29 is 5.11 Å². The number of likely N-dealkylation sites (tertiary alicyclic amines) is 1. The average molecular weight is 381 g/mol. The lowest BCUT2D eigenvalue weighted by Crippen LogP contribution is -2.45. The number of H-pyrrole nitrogens is 1. The number of guanidine groups is 1. The molecule has 1 aliphatic heterocycles. The van der Waals surface area contributed by atoms with E-state index in [9.17, 15) is 5.11 Å². The molecule has 8 nitrogen and oxygen atoms in total. The largest absolute Gasteiger partial charge is 0.507 e. The third-order valence-electron chi connectivity index (χ3n) is 5.57. The van der Waals surface area contributed by atoms with Gasteiger partial charge in [0.15, 0.2) is 5.96 Å². The molecule has 2 aliphatic rings. The van der Waals surface area contributed by atoms with Crippen molar-refractivity contribution in [3.63, 3.8) is 0 Å². The smallest absolute Gasteiger partial charge is 0.196 e. The number of phenolic OH excluding ortho intramolecular Hbond substituents is 1. The van der Waals surface area contributed by atoms with Crippen LogP contribution in [0.2, 0.25) is 0 Å². The second-order valence-corrected chi connectivity index (χ2v) is 7.52. The first-order valence-electron chi connectivity index (χ1n) is 9.72. The van der Waals surface area contributed by atoms with Gasteiger partial charge in [-0.25, -0.2) is 4.99 Å². The minimum Gasteiger partial charge on any atom is -0.507 e. The normalized spacial score (nSPS) is 21.1. The van der Waals surface area contributed by atoms with E-state index in [1.165, 1.54) is 25.5 Å². The molecule has 28 heavy (non-hydrogen) atoms. The van der Waals surface area contributed by atoms with Gasteiger partial charge >= 0.3 is 0 Å². The van der Waals surface area contributed by atoms with E-state index in [0.717, 1.165) is 30.6 Å². The van der Waals surface area contributed by atoms with Crippen LogP contribution in [0.1, 0.15) is 31.2 Å². The number of hydrogen-bond acceptors (Lipinski definition) is 5. The van der Waals surface area contributed by atoms with Gasteiger partial charge < -0.3 is 26.8 Å². The van der Waals surface area contributed by atoms with Crippen molar-refractivity contribution in [2.45, 2.75) is 37.8 Å². The Balaban J connectivity index is 1.40. The molecule has 1 aliphatic carbocycles. The predicted octanol–water partition coefficient (Wildman–Crippen LogP) is 1.57. The second-order valence-electron chi connectivity index (χ2n) is 7.52. The van der Waals surface area contributed by atoms with Gasteiger partial charge in [-0.15, -0.1) is 0 Å². The van der Waals surface area contributed by atoms with Crippen LogP contribution in [0.25, 0.3) is 16.8 Å². The van der Waals surface area contributed by atoms with Crippen LogP contribution < -0.4 is 16.8 Å². The molecule has 2 heterocycles. The van der Waals surface area contributed by atoms with E-state index in [1.54, 1.807) is 24.5 Å². The lowest BCUT2D eigenvalue weighted by atomic mass is 9.92. The highest BCUT2D eigenvalue weighted by atomic mass is 16.3. The van der Waals surface area contributed by atoms with Crippen molar-refractivity contribution in [2.24, 2.45) is 16.5 Å². The van der Waals surface area contributed by atoms with E-state index < -0.39 is 0 Å². The van der Waals surface area contributed by atoms with E-state index >= 15 is 0 Å². The van der Waals surface area contributed by atoms with Crippen molar-refractivity contribution in [1.82, 2.24) is 20.4 Å². The summed E-state index contributed by atoms with van der Waals surface area (Å²) in [6.45, 7) is 1.75. The minimum atomic E-state index is 0.0900. The van der Waals surface area contributed by atoms with Crippen molar-refractivity contribution in [1.29, 1.82) is 0 Å². The number of nitrogens with one attached hydrogen (secondary N) is 2. The Kier molecular flexibility index (Phi) is 5.21. The standard InChI is InChI=1S/C20H27N7O/c21-18(17-5-4-13(8-19(17)28)14-9-24-25-10-14)11-23-20(22)27-7-6-16(12-27)26-15-2-1-3-15/h4-5,8-11,15-16,26,28H,1-3,6-7,12,21H2,(H2,22,23)(H,24,25)/b18-11-/t16-/m1/s1. The molecule has 0 amide bonds. The summed E-state index contributed by atoms with van der Waals surface area (Å²) in [5, 5.41) is 20.7. The minimum absolute atomic E-state index is 0.0900. The van der Waals surface area contributed by atoms with Crippen LogP contribution in [0.3, 0.4) is 0 Å². The number of hydrogen-bond donors (Lipinski definition) is 5. The summed E-state index contributed by atoms with van der Waals surface area (Å²) < 4.78 is 0.